The normalized spacial score (nSPS) is 13.4. The van der Waals surface area contributed by atoms with Crippen molar-refractivity contribution in [3.63, 3.8) is 0 Å². The molecule has 0 aromatic heterocycles. The average molecular weight is 504 g/mol. The second-order valence-electron chi connectivity index (χ2n) is 11.4. The van der Waals surface area contributed by atoms with E-state index in [9.17, 15) is 0 Å². The van der Waals surface area contributed by atoms with Gasteiger partial charge in [-0.3, -0.25) is 0 Å². The Labute approximate surface area is 231 Å². The van der Waals surface area contributed by atoms with Gasteiger partial charge in [0.2, 0.25) is 0 Å². The van der Waals surface area contributed by atoms with Crippen LogP contribution in [0.3, 0.4) is 0 Å². The highest BCUT2D eigenvalue weighted by Crippen LogP contribution is 2.50. The lowest BCUT2D eigenvalue weighted by Gasteiger charge is -2.23. The van der Waals surface area contributed by atoms with Gasteiger partial charge >= 0.3 is 0 Å². The Hall–Kier alpha value is -4.36. The first-order chi connectivity index (χ1) is 19.1. The highest BCUT2D eigenvalue weighted by molar-refractivity contribution is 6.13. The molecule has 1 N–H and O–H groups in total. The lowest BCUT2D eigenvalue weighted by molar-refractivity contribution is 0.658. The number of hydrogen-bond donors (Lipinski definition) is 1. The minimum absolute atomic E-state index is 0.0384. The molecule has 1 nitrogen and oxygen atoms in total. The van der Waals surface area contributed by atoms with Gasteiger partial charge in [0.25, 0.3) is 0 Å². The maximum absolute atomic E-state index is 3.79. The molecule has 7 rings (SSSR count). The molecule has 1 aliphatic rings. The van der Waals surface area contributed by atoms with Crippen LogP contribution in [0.4, 0.5) is 11.4 Å². The SMILES string of the molecule is CC1(C)c2cc(CCCc3ccccc3)ccc2-c2ccc(Nc3cc4ccccc4c4ccccc34)cc21. The van der Waals surface area contributed by atoms with Gasteiger partial charge in [0.1, 0.15) is 0 Å². The van der Waals surface area contributed by atoms with Crippen LogP contribution in [-0.4, -0.2) is 0 Å². The molecule has 0 aliphatic heterocycles. The molecule has 0 heterocycles. The van der Waals surface area contributed by atoms with Crippen molar-refractivity contribution in [2.75, 3.05) is 5.32 Å². The molecule has 6 aromatic carbocycles. The van der Waals surface area contributed by atoms with Gasteiger partial charge in [0.05, 0.1) is 0 Å². The van der Waals surface area contributed by atoms with Crippen LogP contribution in [0.5, 0.6) is 0 Å². The Balaban J connectivity index is 1.19. The van der Waals surface area contributed by atoms with Crippen molar-refractivity contribution in [1.29, 1.82) is 0 Å². The average Bonchev–Trinajstić information content (AvgIpc) is 3.19. The monoisotopic (exact) mass is 503 g/mol. The second-order valence-corrected chi connectivity index (χ2v) is 11.4. The van der Waals surface area contributed by atoms with Crippen LogP contribution in [0.15, 0.2) is 121 Å². The molecule has 1 aliphatic carbocycles. The summed E-state index contributed by atoms with van der Waals surface area (Å²) in [7, 11) is 0. The maximum atomic E-state index is 3.79. The van der Waals surface area contributed by atoms with Gasteiger partial charge in [-0.25, -0.2) is 0 Å². The zero-order valence-corrected chi connectivity index (χ0v) is 22.7. The number of anilines is 2. The zero-order chi connectivity index (χ0) is 26.4. The summed E-state index contributed by atoms with van der Waals surface area (Å²) in [5.74, 6) is 0. The summed E-state index contributed by atoms with van der Waals surface area (Å²) in [5, 5.41) is 8.87. The highest BCUT2D eigenvalue weighted by atomic mass is 14.9. The minimum Gasteiger partial charge on any atom is -0.355 e. The molecular weight excluding hydrogens is 470 g/mol. The Kier molecular flexibility index (Phi) is 5.74. The summed E-state index contributed by atoms with van der Waals surface area (Å²) in [6, 6.07) is 44.5. The van der Waals surface area contributed by atoms with E-state index < -0.39 is 0 Å². The standard InChI is InChI=1S/C38H33N/c1-38(2)35-23-27(14-10-13-26-11-4-3-5-12-26)19-21-32(35)33-22-20-29(25-36(33)38)39-37-24-28-15-6-7-16-30(28)31-17-8-9-18-34(31)37/h3-9,11-12,15-25,39H,10,13-14H2,1-2H3. The molecule has 1 heteroatoms. The summed E-state index contributed by atoms with van der Waals surface area (Å²) in [4.78, 5) is 0. The lowest BCUT2D eigenvalue weighted by Crippen LogP contribution is -2.15. The smallest absolute Gasteiger partial charge is 0.0470 e. The van der Waals surface area contributed by atoms with E-state index in [0.29, 0.717) is 0 Å². The molecule has 0 amide bonds. The van der Waals surface area contributed by atoms with E-state index in [2.05, 4.69) is 140 Å². The van der Waals surface area contributed by atoms with E-state index in [-0.39, 0.29) is 5.41 Å². The third-order valence-corrected chi connectivity index (χ3v) is 8.56. The van der Waals surface area contributed by atoms with Crippen molar-refractivity contribution in [3.05, 3.63) is 144 Å². The molecule has 190 valence electrons. The van der Waals surface area contributed by atoms with E-state index in [1.165, 1.54) is 61.3 Å². The number of nitrogens with one attached hydrogen (secondary N) is 1. The zero-order valence-electron chi connectivity index (χ0n) is 22.7. The molecule has 0 radical (unpaired) electrons. The molecule has 0 fully saturated rings. The van der Waals surface area contributed by atoms with Crippen molar-refractivity contribution in [2.45, 2.75) is 38.5 Å². The molecule has 6 aromatic rings. The first kappa shape index (κ1) is 23.7. The highest BCUT2D eigenvalue weighted by Gasteiger charge is 2.35. The van der Waals surface area contributed by atoms with Gasteiger partial charge < -0.3 is 5.32 Å². The van der Waals surface area contributed by atoms with Crippen LogP contribution in [0, 0.1) is 0 Å². The molecule has 0 saturated heterocycles. The number of hydrogen-bond acceptors (Lipinski definition) is 1. The molecular formula is C38H33N. The Bertz CT molecular complexity index is 1830. The van der Waals surface area contributed by atoms with Crippen LogP contribution in [0.1, 0.15) is 42.5 Å². The largest absolute Gasteiger partial charge is 0.355 e. The fraction of sp³-hybridized carbons (Fsp3) is 0.158. The van der Waals surface area contributed by atoms with Crippen LogP contribution < -0.4 is 5.32 Å². The summed E-state index contributed by atoms with van der Waals surface area (Å²) < 4.78 is 0. The number of benzene rings is 6. The van der Waals surface area contributed by atoms with Crippen LogP contribution in [-0.2, 0) is 18.3 Å². The van der Waals surface area contributed by atoms with E-state index in [1.54, 1.807) is 0 Å². The van der Waals surface area contributed by atoms with Gasteiger partial charge in [0, 0.05) is 22.2 Å². The summed E-state index contributed by atoms with van der Waals surface area (Å²) in [6.07, 6.45) is 3.40. The Morgan fingerprint density at radius 3 is 2.00 bits per heavy atom. The van der Waals surface area contributed by atoms with Crippen molar-refractivity contribution >= 4 is 32.9 Å². The van der Waals surface area contributed by atoms with Crippen molar-refractivity contribution in [2.24, 2.45) is 0 Å². The Morgan fingerprint density at radius 2 is 1.18 bits per heavy atom. The van der Waals surface area contributed by atoms with E-state index in [0.717, 1.165) is 24.2 Å². The topological polar surface area (TPSA) is 12.0 Å². The molecule has 0 spiro atoms. The second kappa shape index (κ2) is 9.43. The van der Waals surface area contributed by atoms with Gasteiger partial charge in [-0.1, -0.05) is 117 Å². The predicted octanol–water partition coefficient (Wildman–Crippen LogP) is 10.2. The number of fused-ring (bicyclic) bond motifs is 6. The fourth-order valence-electron chi connectivity index (χ4n) is 6.47. The fourth-order valence-corrected chi connectivity index (χ4v) is 6.47. The van der Waals surface area contributed by atoms with Crippen LogP contribution in [0.25, 0.3) is 32.7 Å². The van der Waals surface area contributed by atoms with E-state index in [4.69, 9.17) is 0 Å². The van der Waals surface area contributed by atoms with Crippen molar-refractivity contribution in [3.8, 4) is 11.1 Å². The lowest BCUT2D eigenvalue weighted by atomic mass is 9.81. The quantitative estimate of drug-likeness (QED) is 0.223. The molecule has 0 unspecified atom stereocenters. The summed E-state index contributed by atoms with van der Waals surface area (Å²) in [5.41, 5.74) is 10.7. The third-order valence-electron chi connectivity index (χ3n) is 8.56. The molecule has 0 atom stereocenters. The van der Waals surface area contributed by atoms with Crippen molar-refractivity contribution in [1.82, 2.24) is 0 Å². The van der Waals surface area contributed by atoms with Gasteiger partial charge in [-0.15, -0.1) is 0 Å². The Morgan fingerprint density at radius 1 is 0.538 bits per heavy atom. The number of aryl methyl sites for hydroxylation is 2. The molecule has 0 bridgehead atoms. The maximum Gasteiger partial charge on any atom is 0.0470 e. The van der Waals surface area contributed by atoms with Gasteiger partial charge in [-0.2, -0.15) is 0 Å². The van der Waals surface area contributed by atoms with Crippen LogP contribution >= 0.6 is 0 Å². The first-order valence-corrected chi connectivity index (χ1v) is 14.1. The predicted molar refractivity (Wildman–Crippen MR) is 167 cm³/mol. The first-order valence-electron chi connectivity index (χ1n) is 14.1. The summed E-state index contributed by atoms with van der Waals surface area (Å²) in [6.45, 7) is 4.75. The molecule has 39 heavy (non-hydrogen) atoms. The third kappa shape index (κ3) is 4.19. The van der Waals surface area contributed by atoms with E-state index >= 15 is 0 Å². The van der Waals surface area contributed by atoms with Crippen LogP contribution in [0.2, 0.25) is 0 Å². The minimum atomic E-state index is -0.0384. The van der Waals surface area contributed by atoms with Gasteiger partial charge in [0.15, 0.2) is 0 Å². The summed E-state index contributed by atoms with van der Waals surface area (Å²) >= 11 is 0. The molecule has 0 saturated carbocycles. The number of rotatable bonds is 6. The van der Waals surface area contributed by atoms with Gasteiger partial charge in [-0.05, 0) is 87.0 Å². The van der Waals surface area contributed by atoms with E-state index in [1.807, 2.05) is 0 Å². The van der Waals surface area contributed by atoms with Crippen molar-refractivity contribution < 1.29 is 0 Å².